The number of benzene rings is 1. The molecular weight excluding hydrogens is 266 g/mol. The second kappa shape index (κ2) is 6.75. The lowest BCUT2D eigenvalue weighted by Crippen LogP contribution is -2.33. The van der Waals surface area contributed by atoms with Crippen LogP contribution in [-0.2, 0) is 11.3 Å². The molecular formula is C16H23NO2Si. The molecule has 0 radical (unpaired) electrons. The highest BCUT2D eigenvalue weighted by molar-refractivity contribution is 6.77. The molecule has 1 atom stereocenters. The van der Waals surface area contributed by atoms with Gasteiger partial charge < -0.3 is 10.1 Å². The third-order valence-corrected chi connectivity index (χ3v) is 6.78. The highest BCUT2D eigenvalue weighted by Gasteiger charge is 2.27. The summed E-state index contributed by atoms with van der Waals surface area (Å²) in [4.78, 5) is 11.9. The van der Waals surface area contributed by atoms with Crippen molar-refractivity contribution >= 4 is 14.2 Å². The van der Waals surface area contributed by atoms with Gasteiger partial charge in [0.2, 0.25) is 0 Å². The predicted octanol–water partition coefficient (Wildman–Crippen LogP) is 3.95. The Kier molecular flexibility index (Phi) is 5.01. The highest BCUT2D eigenvalue weighted by Crippen LogP contribution is 2.25. The molecule has 1 aliphatic heterocycles. The van der Waals surface area contributed by atoms with Crippen LogP contribution in [0.25, 0.3) is 0 Å². The van der Waals surface area contributed by atoms with Gasteiger partial charge in [-0.25, -0.2) is 4.79 Å². The number of allylic oxidation sites excluding steroid dienone is 1. The number of carbonyl (C=O) groups excluding carboxylic acids is 1. The van der Waals surface area contributed by atoms with Gasteiger partial charge in [-0.15, -0.1) is 0 Å². The minimum Gasteiger partial charge on any atom is -0.442 e. The highest BCUT2D eigenvalue weighted by atomic mass is 28.3. The molecule has 1 aliphatic rings. The van der Waals surface area contributed by atoms with Crippen molar-refractivity contribution in [1.29, 1.82) is 0 Å². The van der Waals surface area contributed by atoms with Crippen LogP contribution in [0.2, 0.25) is 25.2 Å². The fraction of sp³-hybridized carbons (Fsp3) is 0.438. The lowest BCUT2D eigenvalue weighted by molar-refractivity contribution is 0.126. The van der Waals surface area contributed by atoms with Crippen molar-refractivity contribution in [2.75, 3.05) is 0 Å². The lowest BCUT2D eigenvalue weighted by Gasteiger charge is -2.24. The van der Waals surface area contributed by atoms with Gasteiger partial charge in [-0.05, 0) is 24.1 Å². The van der Waals surface area contributed by atoms with Crippen LogP contribution < -0.4 is 5.32 Å². The van der Waals surface area contributed by atoms with Crippen molar-refractivity contribution < 1.29 is 9.53 Å². The lowest BCUT2D eigenvalue weighted by atomic mass is 10.2. The summed E-state index contributed by atoms with van der Waals surface area (Å²) in [5.74, 6) is 0. The molecule has 4 heteroatoms. The van der Waals surface area contributed by atoms with Crippen LogP contribution >= 0.6 is 0 Å². The van der Waals surface area contributed by atoms with Crippen LogP contribution in [0, 0.1) is 0 Å². The van der Waals surface area contributed by atoms with E-state index in [9.17, 15) is 4.79 Å². The molecule has 0 spiro atoms. The summed E-state index contributed by atoms with van der Waals surface area (Å²) in [7, 11) is -1.23. The topological polar surface area (TPSA) is 38.3 Å². The largest absolute Gasteiger partial charge is 0.442 e. The number of carbonyl (C=O) groups is 1. The van der Waals surface area contributed by atoms with Gasteiger partial charge in [-0.2, -0.15) is 0 Å². The van der Waals surface area contributed by atoms with E-state index in [0.29, 0.717) is 6.54 Å². The molecule has 0 saturated carbocycles. The van der Waals surface area contributed by atoms with Gasteiger partial charge >= 0.3 is 6.09 Å². The van der Waals surface area contributed by atoms with Gasteiger partial charge in [0.15, 0.2) is 0 Å². The molecule has 0 bridgehead atoms. The standard InChI is InChI=1S/C16H23NO2Si/c1-20(2)11-7-6-10-15(13-20)19-16(18)17-12-14-8-4-3-5-9-14/h3-6,8-10,15H,7,11-13H2,1-2H3,(H,17,18)/t15-/m0/s1. The van der Waals surface area contributed by atoms with E-state index in [0.717, 1.165) is 18.0 Å². The Balaban J connectivity index is 1.82. The van der Waals surface area contributed by atoms with Crippen molar-refractivity contribution in [2.24, 2.45) is 0 Å². The zero-order valence-corrected chi connectivity index (χ0v) is 13.3. The smallest absolute Gasteiger partial charge is 0.407 e. The number of amides is 1. The van der Waals surface area contributed by atoms with E-state index in [1.165, 1.54) is 6.04 Å². The Morgan fingerprint density at radius 1 is 1.35 bits per heavy atom. The number of hydrogen-bond donors (Lipinski definition) is 1. The third kappa shape index (κ3) is 4.85. The number of rotatable bonds is 3. The van der Waals surface area contributed by atoms with Gasteiger partial charge in [-0.1, -0.05) is 55.5 Å². The molecule has 1 heterocycles. The summed E-state index contributed by atoms with van der Waals surface area (Å²) in [6.07, 6.45) is 4.93. The molecule has 1 aromatic carbocycles. The maximum absolute atomic E-state index is 11.9. The summed E-state index contributed by atoms with van der Waals surface area (Å²) in [6, 6.07) is 12.2. The van der Waals surface area contributed by atoms with Crippen LogP contribution in [0.4, 0.5) is 4.79 Å². The normalized spacial score (nSPS) is 21.0. The van der Waals surface area contributed by atoms with Crippen LogP contribution in [0.5, 0.6) is 0 Å². The van der Waals surface area contributed by atoms with E-state index >= 15 is 0 Å². The van der Waals surface area contributed by atoms with Gasteiger partial charge in [0.05, 0.1) is 8.07 Å². The van der Waals surface area contributed by atoms with E-state index in [4.69, 9.17) is 4.74 Å². The molecule has 1 aromatic rings. The zero-order valence-electron chi connectivity index (χ0n) is 12.3. The van der Waals surface area contributed by atoms with E-state index in [-0.39, 0.29) is 12.2 Å². The molecule has 0 unspecified atom stereocenters. The Morgan fingerprint density at radius 2 is 2.10 bits per heavy atom. The molecule has 1 amide bonds. The number of nitrogens with one attached hydrogen (secondary N) is 1. The summed E-state index contributed by atoms with van der Waals surface area (Å²) in [5.41, 5.74) is 1.08. The minimum absolute atomic E-state index is 0.0602. The SMILES string of the molecule is C[Si]1(C)CCC=C[C@H](OC(=O)NCc2ccccc2)C1. The predicted molar refractivity (Wildman–Crippen MR) is 84.4 cm³/mol. The van der Waals surface area contributed by atoms with Gasteiger partial charge in [0.25, 0.3) is 0 Å². The van der Waals surface area contributed by atoms with Gasteiger partial charge in [0, 0.05) is 6.54 Å². The number of ether oxygens (including phenoxy) is 1. The van der Waals surface area contributed by atoms with Crippen molar-refractivity contribution in [3.63, 3.8) is 0 Å². The number of alkyl carbamates (subject to hydrolysis) is 1. The molecule has 108 valence electrons. The first-order valence-corrected chi connectivity index (χ1v) is 10.6. The molecule has 3 nitrogen and oxygen atoms in total. The molecule has 0 fully saturated rings. The Morgan fingerprint density at radius 3 is 2.85 bits per heavy atom. The summed E-state index contributed by atoms with van der Waals surface area (Å²) >= 11 is 0. The first-order chi connectivity index (χ1) is 9.55. The quantitative estimate of drug-likeness (QED) is 0.676. The van der Waals surface area contributed by atoms with Gasteiger partial charge in [-0.3, -0.25) is 0 Å². The monoisotopic (exact) mass is 289 g/mol. The maximum Gasteiger partial charge on any atom is 0.407 e. The average molecular weight is 289 g/mol. The van der Waals surface area contributed by atoms with Gasteiger partial charge in [0.1, 0.15) is 6.10 Å². The van der Waals surface area contributed by atoms with E-state index in [2.05, 4.69) is 24.5 Å². The first kappa shape index (κ1) is 14.8. The first-order valence-electron chi connectivity index (χ1n) is 7.20. The fourth-order valence-corrected chi connectivity index (χ4v) is 4.93. The summed E-state index contributed by atoms with van der Waals surface area (Å²) in [6.45, 7) is 5.23. The van der Waals surface area contributed by atoms with Crippen molar-refractivity contribution in [1.82, 2.24) is 5.32 Å². The maximum atomic E-state index is 11.9. The van der Waals surface area contributed by atoms with Crippen molar-refractivity contribution in [3.05, 3.63) is 48.0 Å². The summed E-state index contributed by atoms with van der Waals surface area (Å²) in [5, 5.41) is 2.81. The Hall–Kier alpha value is -1.55. The molecule has 0 aromatic heterocycles. The molecule has 1 N–H and O–H groups in total. The van der Waals surface area contributed by atoms with Crippen LogP contribution in [0.3, 0.4) is 0 Å². The third-order valence-electron chi connectivity index (χ3n) is 3.63. The summed E-state index contributed by atoms with van der Waals surface area (Å²) < 4.78 is 5.53. The molecule has 2 rings (SSSR count). The van der Waals surface area contributed by atoms with Crippen molar-refractivity contribution in [3.8, 4) is 0 Å². The second-order valence-corrected chi connectivity index (χ2v) is 11.4. The zero-order chi connectivity index (χ0) is 14.4. The Labute approximate surface area is 122 Å². The van der Waals surface area contributed by atoms with Crippen molar-refractivity contribution in [2.45, 2.75) is 44.3 Å². The average Bonchev–Trinajstić information content (AvgIpc) is 2.58. The van der Waals surface area contributed by atoms with E-state index < -0.39 is 8.07 Å². The fourth-order valence-electron chi connectivity index (χ4n) is 2.47. The van der Waals surface area contributed by atoms with Crippen LogP contribution in [-0.4, -0.2) is 20.3 Å². The van der Waals surface area contributed by atoms with Crippen LogP contribution in [0.1, 0.15) is 12.0 Å². The van der Waals surface area contributed by atoms with E-state index in [1.54, 1.807) is 0 Å². The second-order valence-electron chi connectivity index (χ2n) is 6.12. The minimum atomic E-state index is -1.23. The van der Waals surface area contributed by atoms with E-state index in [1.807, 2.05) is 36.4 Å². The molecule has 0 saturated heterocycles. The van der Waals surface area contributed by atoms with Crippen LogP contribution in [0.15, 0.2) is 42.5 Å². The Bertz CT molecular complexity index is 471. The number of hydrogen-bond acceptors (Lipinski definition) is 2. The molecule has 0 aliphatic carbocycles. The molecule has 20 heavy (non-hydrogen) atoms.